The molecule has 3 unspecified atom stereocenters. The zero-order chi connectivity index (χ0) is 7.23. The molecule has 0 amide bonds. The first-order chi connectivity index (χ1) is 4.01. The van der Waals surface area contributed by atoms with Crippen LogP contribution in [0.3, 0.4) is 0 Å². The van der Waals surface area contributed by atoms with Gasteiger partial charge in [0.05, 0.1) is 0 Å². The topological polar surface area (TPSA) is 0 Å². The van der Waals surface area contributed by atoms with Gasteiger partial charge in [0.1, 0.15) is 0 Å². The Morgan fingerprint density at radius 2 is 1.78 bits per heavy atom. The third-order valence-corrected chi connectivity index (χ3v) is 4.23. The number of hydrogen-bond donors (Lipinski definition) is 1. The van der Waals surface area contributed by atoms with Crippen LogP contribution in [-0.2, 0) is 0 Å². The van der Waals surface area contributed by atoms with Gasteiger partial charge in [-0.1, -0.05) is 27.7 Å². The molecule has 0 aromatic heterocycles. The highest BCUT2D eigenvalue weighted by molar-refractivity contribution is 7.81. The molecule has 0 heterocycles. The third-order valence-electron chi connectivity index (χ3n) is 3.23. The highest BCUT2D eigenvalue weighted by Gasteiger charge is 2.57. The summed E-state index contributed by atoms with van der Waals surface area (Å²) in [6.07, 6.45) is 0. The maximum atomic E-state index is 4.49. The molecular formula is C8H16S. The molecule has 1 aliphatic rings. The van der Waals surface area contributed by atoms with Crippen LogP contribution in [0, 0.1) is 17.3 Å². The van der Waals surface area contributed by atoms with Gasteiger partial charge in [-0.25, -0.2) is 0 Å². The van der Waals surface area contributed by atoms with Gasteiger partial charge in [-0.2, -0.15) is 12.6 Å². The van der Waals surface area contributed by atoms with Crippen LogP contribution in [0.5, 0.6) is 0 Å². The van der Waals surface area contributed by atoms with Crippen molar-refractivity contribution >= 4 is 12.6 Å². The van der Waals surface area contributed by atoms with E-state index in [0.29, 0.717) is 10.7 Å². The fourth-order valence-corrected chi connectivity index (χ4v) is 2.36. The summed E-state index contributed by atoms with van der Waals surface area (Å²) in [5.74, 6) is 1.61. The third kappa shape index (κ3) is 0.813. The largest absolute Gasteiger partial charge is 0.175 e. The van der Waals surface area contributed by atoms with E-state index in [9.17, 15) is 0 Å². The second kappa shape index (κ2) is 1.91. The van der Waals surface area contributed by atoms with E-state index in [1.54, 1.807) is 0 Å². The summed E-state index contributed by atoms with van der Waals surface area (Å²) in [5.41, 5.74) is 0.531. The molecule has 0 aromatic carbocycles. The lowest BCUT2D eigenvalue weighted by atomic mass is 9.92. The second-order valence-corrected chi connectivity index (χ2v) is 4.31. The molecule has 54 valence electrons. The minimum Gasteiger partial charge on any atom is -0.175 e. The molecule has 0 N–H and O–H groups in total. The molecule has 0 spiro atoms. The molecule has 1 aliphatic carbocycles. The van der Waals surface area contributed by atoms with Crippen LogP contribution in [0.4, 0.5) is 0 Å². The Morgan fingerprint density at radius 1 is 1.44 bits per heavy atom. The second-order valence-electron chi connectivity index (χ2n) is 3.75. The Balaban J connectivity index is 2.60. The Morgan fingerprint density at radius 3 is 1.78 bits per heavy atom. The predicted molar refractivity (Wildman–Crippen MR) is 44.9 cm³/mol. The van der Waals surface area contributed by atoms with E-state index in [4.69, 9.17) is 0 Å². The Hall–Kier alpha value is 0.350. The van der Waals surface area contributed by atoms with Gasteiger partial charge < -0.3 is 0 Å². The van der Waals surface area contributed by atoms with Crippen LogP contribution < -0.4 is 0 Å². The van der Waals surface area contributed by atoms with E-state index < -0.39 is 0 Å². The highest BCUT2D eigenvalue weighted by atomic mass is 32.1. The first kappa shape index (κ1) is 7.46. The van der Waals surface area contributed by atoms with Crippen molar-refractivity contribution in [1.29, 1.82) is 0 Å². The smallest absolute Gasteiger partial charge is 0.0107 e. The van der Waals surface area contributed by atoms with E-state index in [0.717, 1.165) is 11.8 Å². The summed E-state index contributed by atoms with van der Waals surface area (Å²) in [7, 11) is 0. The van der Waals surface area contributed by atoms with Gasteiger partial charge in [-0.15, -0.1) is 0 Å². The quantitative estimate of drug-likeness (QED) is 0.537. The molecule has 0 saturated heterocycles. The van der Waals surface area contributed by atoms with E-state index in [2.05, 4.69) is 40.3 Å². The van der Waals surface area contributed by atoms with Crippen LogP contribution >= 0.6 is 12.6 Å². The van der Waals surface area contributed by atoms with Gasteiger partial charge in [-0.3, -0.25) is 0 Å². The van der Waals surface area contributed by atoms with Gasteiger partial charge in [-0.05, 0) is 17.3 Å². The van der Waals surface area contributed by atoms with Crippen molar-refractivity contribution in [1.82, 2.24) is 0 Å². The molecule has 0 nitrogen and oxygen atoms in total. The van der Waals surface area contributed by atoms with E-state index >= 15 is 0 Å². The van der Waals surface area contributed by atoms with Crippen molar-refractivity contribution in [2.75, 3.05) is 0 Å². The van der Waals surface area contributed by atoms with E-state index in [-0.39, 0.29) is 0 Å². The fourth-order valence-electron chi connectivity index (χ4n) is 1.59. The van der Waals surface area contributed by atoms with Gasteiger partial charge in [0.25, 0.3) is 0 Å². The maximum absolute atomic E-state index is 4.49. The summed E-state index contributed by atoms with van der Waals surface area (Å²) in [6.45, 7) is 9.19. The molecular weight excluding hydrogens is 128 g/mol. The first-order valence-corrected chi connectivity index (χ1v) is 4.21. The van der Waals surface area contributed by atoms with E-state index in [1.165, 1.54) is 0 Å². The first-order valence-electron chi connectivity index (χ1n) is 3.69. The average Bonchev–Trinajstić information content (AvgIpc) is 2.22. The highest BCUT2D eigenvalue weighted by Crippen LogP contribution is 2.60. The SMILES string of the molecule is CC(C)C1(C)C(C)C1S. The number of thiol groups is 1. The van der Waals surface area contributed by atoms with Crippen molar-refractivity contribution in [3.8, 4) is 0 Å². The van der Waals surface area contributed by atoms with Crippen LogP contribution in [0.2, 0.25) is 0 Å². The van der Waals surface area contributed by atoms with Crippen molar-refractivity contribution < 1.29 is 0 Å². The van der Waals surface area contributed by atoms with Crippen molar-refractivity contribution in [3.63, 3.8) is 0 Å². The van der Waals surface area contributed by atoms with Crippen LogP contribution in [0.15, 0.2) is 0 Å². The molecule has 1 fully saturated rings. The van der Waals surface area contributed by atoms with Gasteiger partial charge in [0.2, 0.25) is 0 Å². The zero-order valence-corrected chi connectivity index (χ0v) is 7.57. The molecule has 3 atom stereocenters. The Bertz CT molecular complexity index is 100. The minimum absolute atomic E-state index is 0.531. The molecule has 0 aromatic rings. The molecule has 1 saturated carbocycles. The Kier molecular flexibility index (Phi) is 1.59. The summed E-state index contributed by atoms with van der Waals surface area (Å²) in [6, 6.07) is 0. The summed E-state index contributed by atoms with van der Waals surface area (Å²) >= 11 is 4.49. The van der Waals surface area contributed by atoms with Crippen molar-refractivity contribution in [2.45, 2.75) is 32.9 Å². The van der Waals surface area contributed by atoms with Crippen LogP contribution in [0.1, 0.15) is 27.7 Å². The van der Waals surface area contributed by atoms with Crippen LogP contribution in [0.25, 0.3) is 0 Å². The summed E-state index contributed by atoms with van der Waals surface area (Å²) in [4.78, 5) is 0. The number of rotatable bonds is 1. The minimum atomic E-state index is 0.531. The lowest BCUT2D eigenvalue weighted by Crippen LogP contribution is -2.08. The normalized spacial score (nSPS) is 50.0. The summed E-state index contributed by atoms with van der Waals surface area (Å²) in [5, 5.41) is 0.650. The van der Waals surface area contributed by atoms with Crippen molar-refractivity contribution in [2.24, 2.45) is 17.3 Å². The lowest BCUT2D eigenvalue weighted by molar-refractivity contribution is 0.368. The standard InChI is InChI=1S/C8H16S/c1-5(2)8(4)6(3)7(8)9/h5-7,9H,1-4H3. The fraction of sp³-hybridized carbons (Fsp3) is 1.00. The molecule has 0 radical (unpaired) electrons. The molecule has 0 bridgehead atoms. The van der Waals surface area contributed by atoms with Gasteiger partial charge in [0.15, 0.2) is 0 Å². The molecule has 9 heavy (non-hydrogen) atoms. The van der Waals surface area contributed by atoms with Crippen LogP contribution in [-0.4, -0.2) is 5.25 Å². The maximum Gasteiger partial charge on any atom is 0.0107 e. The number of hydrogen-bond acceptors (Lipinski definition) is 1. The Labute approximate surface area is 63.4 Å². The molecule has 1 heteroatoms. The molecule has 0 aliphatic heterocycles. The lowest BCUT2D eigenvalue weighted by Gasteiger charge is -2.14. The zero-order valence-electron chi connectivity index (χ0n) is 6.68. The van der Waals surface area contributed by atoms with Gasteiger partial charge >= 0.3 is 0 Å². The van der Waals surface area contributed by atoms with E-state index in [1.807, 2.05) is 0 Å². The van der Waals surface area contributed by atoms with Gasteiger partial charge in [0, 0.05) is 5.25 Å². The predicted octanol–water partition coefficient (Wildman–Crippen LogP) is 2.60. The van der Waals surface area contributed by atoms with Crippen molar-refractivity contribution in [3.05, 3.63) is 0 Å². The monoisotopic (exact) mass is 144 g/mol. The average molecular weight is 144 g/mol. The summed E-state index contributed by atoms with van der Waals surface area (Å²) < 4.78 is 0. The molecule has 1 rings (SSSR count).